The van der Waals surface area contributed by atoms with Crippen molar-refractivity contribution < 1.29 is 19.1 Å². The number of halogens is 1. The van der Waals surface area contributed by atoms with Crippen molar-refractivity contribution in [2.75, 3.05) is 19.6 Å². The standard InChI is InChI=1S/C19H20BrNO4/c20-15-5-3-14(4-6-15)19(23,17-2-1-11-24-17)18(22)25-16-12-21-9-7-13(16)8-10-21/h1-6,11,13,16,23H,7-10,12H2. The van der Waals surface area contributed by atoms with Gasteiger partial charge in [0, 0.05) is 16.6 Å². The highest BCUT2D eigenvalue weighted by Gasteiger charge is 2.47. The van der Waals surface area contributed by atoms with Crippen LogP contribution >= 0.6 is 15.9 Å². The van der Waals surface area contributed by atoms with Crippen LogP contribution in [-0.4, -0.2) is 41.7 Å². The number of esters is 1. The van der Waals surface area contributed by atoms with Crippen LogP contribution in [0.4, 0.5) is 0 Å². The SMILES string of the molecule is O=C(OC1CN2CCC1CC2)C(O)(c1ccc(Br)cc1)c1ccco1. The number of piperidine rings is 3. The maximum absolute atomic E-state index is 13.0. The third-order valence-corrected chi connectivity index (χ3v) is 5.82. The van der Waals surface area contributed by atoms with E-state index in [1.165, 1.54) is 6.26 Å². The summed E-state index contributed by atoms with van der Waals surface area (Å²) in [5, 5.41) is 11.3. The average molecular weight is 406 g/mol. The molecule has 3 aliphatic rings. The molecule has 0 amide bonds. The van der Waals surface area contributed by atoms with Gasteiger partial charge in [0.15, 0.2) is 5.76 Å². The number of hydrogen-bond donors (Lipinski definition) is 1. The molecule has 1 N–H and O–H groups in total. The van der Waals surface area contributed by atoms with Crippen molar-refractivity contribution in [2.45, 2.75) is 24.5 Å². The summed E-state index contributed by atoms with van der Waals surface area (Å²) in [5.74, 6) is -0.135. The third-order valence-electron chi connectivity index (χ3n) is 5.29. The first-order valence-corrected chi connectivity index (χ1v) is 9.32. The number of rotatable bonds is 4. The van der Waals surface area contributed by atoms with E-state index in [0.717, 1.165) is 36.9 Å². The van der Waals surface area contributed by atoms with Crippen LogP contribution in [0.2, 0.25) is 0 Å². The van der Waals surface area contributed by atoms with E-state index in [1.807, 2.05) is 0 Å². The highest BCUT2D eigenvalue weighted by molar-refractivity contribution is 9.10. The van der Waals surface area contributed by atoms with Crippen LogP contribution in [0.15, 0.2) is 51.6 Å². The minimum Gasteiger partial charge on any atom is -0.465 e. The van der Waals surface area contributed by atoms with Gasteiger partial charge in [-0.05, 0) is 56.1 Å². The lowest BCUT2D eigenvalue weighted by molar-refractivity contribution is -0.178. The van der Waals surface area contributed by atoms with E-state index in [9.17, 15) is 9.90 Å². The fraction of sp³-hybridized carbons (Fsp3) is 0.421. The lowest BCUT2D eigenvalue weighted by Gasteiger charge is -2.44. The van der Waals surface area contributed by atoms with Crippen LogP contribution in [0, 0.1) is 5.92 Å². The van der Waals surface area contributed by atoms with E-state index in [4.69, 9.17) is 9.15 Å². The second kappa shape index (κ2) is 6.59. The lowest BCUT2D eigenvalue weighted by atomic mass is 9.85. The predicted octanol–water partition coefficient (Wildman–Crippen LogP) is 2.92. The summed E-state index contributed by atoms with van der Waals surface area (Å²) in [6.07, 6.45) is 3.35. The Morgan fingerprint density at radius 3 is 2.52 bits per heavy atom. The molecule has 0 spiro atoms. The van der Waals surface area contributed by atoms with Crippen molar-refractivity contribution in [2.24, 2.45) is 5.92 Å². The molecule has 5 nitrogen and oxygen atoms in total. The second-order valence-corrected chi connectivity index (χ2v) is 7.69. The Balaban J connectivity index is 1.64. The molecule has 4 heterocycles. The van der Waals surface area contributed by atoms with E-state index in [1.54, 1.807) is 36.4 Å². The first-order valence-electron chi connectivity index (χ1n) is 8.53. The largest absolute Gasteiger partial charge is 0.465 e. The summed E-state index contributed by atoms with van der Waals surface area (Å²) in [6, 6.07) is 10.2. The Hall–Kier alpha value is -1.63. The first kappa shape index (κ1) is 16.8. The zero-order valence-corrected chi connectivity index (χ0v) is 15.3. The van der Waals surface area contributed by atoms with Crippen LogP contribution in [-0.2, 0) is 15.1 Å². The molecule has 0 saturated carbocycles. The van der Waals surface area contributed by atoms with Crippen LogP contribution in [0.1, 0.15) is 24.2 Å². The van der Waals surface area contributed by atoms with Gasteiger partial charge in [0.1, 0.15) is 6.10 Å². The number of carbonyl (C=O) groups excluding carboxylic acids is 1. The number of aliphatic hydroxyl groups is 1. The molecule has 2 atom stereocenters. The zero-order valence-electron chi connectivity index (χ0n) is 13.7. The molecule has 6 heteroatoms. The minimum absolute atomic E-state index is 0.168. The Labute approximate surface area is 154 Å². The molecule has 5 rings (SSSR count). The van der Waals surface area contributed by atoms with Crippen molar-refractivity contribution in [1.29, 1.82) is 0 Å². The van der Waals surface area contributed by atoms with Gasteiger partial charge in [-0.2, -0.15) is 0 Å². The molecule has 25 heavy (non-hydrogen) atoms. The van der Waals surface area contributed by atoms with Gasteiger partial charge in [0.25, 0.3) is 0 Å². The summed E-state index contributed by atoms with van der Waals surface area (Å²) in [5.41, 5.74) is -1.52. The molecule has 0 aliphatic carbocycles. The zero-order chi connectivity index (χ0) is 17.4. The Bertz CT molecular complexity index is 737. The van der Waals surface area contributed by atoms with Crippen LogP contribution < -0.4 is 0 Å². The molecule has 1 aromatic heterocycles. The highest BCUT2D eigenvalue weighted by atomic mass is 79.9. The number of benzene rings is 1. The van der Waals surface area contributed by atoms with E-state index < -0.39 is 11.6 Å². The molecule has 132 valence electrons. The van der Waals surface area contributed by atoms with Crippen molar-refractivity contribution in [3.8, 4) is 0 Å². The summed E-state index contributed by atoms with van der Waals surface area (Å²) < 4.78 is 12.0. The maximum Gasteiger partial charge on any atom is 0.351 e. The molecule has 2 unspecified atom stereocenters. The van der Waals surface area contributed by atoms with Gasteiger partial charge in [-0.3, -0.25) is 4.90 Å². The van der Waals surface area contributed by atoms with E-state index in [2.05, 4.69) is 20.8 Å². The van der Waals surface area contributed by atoms with Crippen molar-refractivity contribution >= 4 is 21.9 Å². The van der Waals surface area contributed by atoms with Gasteiger partial charge in [-0.25, -0.2) is 4.79 Å². The van der Waals surface area contributed by atoms with Gasteiger partial charge in [0.2, 0.25) is 5.60 Å². The summed E-state index contributed by atoms with van der Waals surface area (Å²) >= 11 is 3.37. The fourth-order valence-electron chi connectivity index (χ4n) is 3.80. The number of furan rings is 1. The topological polar surface area (TPSA) is 62.9 Å². The van der Waals surface area contributed by atoms with Crippen molar-refractivity contribution in [3.63, 3.8) is 0 Å². The first-order chi connectivity index (χ1) is 12.1. The summed E-state index contributed by atoms with van der Waals surface area (Å²) in [7, 11) is 0. The Kier molecular flexibility index (Phi) is 4.43. The summed E-state index contributed by atoms with van der Waals surface area (Å²) in [6.45, 7) is 2.87. The van der Waals surface area contributed by atoms with Gasteiger partial charge >= 0.3 is 5.97 Å². The van der Waals surface area contributed by atoms with Crippen LogP contribution in [0.25, 0.3) is 0 Å². The summed E-state index contributed by atoms with van der Waals surface area (Å²) in [4.78, 5) is 15.3. The van der Waals surface area contributed by atoms with Gasteiger partial charge in [-0.15, -0.1) is 0 Å². The molecular weight excluding hydrogens is 386 g/mol. The van der Waals surface area contributed by atoms with Gasteiger partial charge in [-0.1, -0.05) is 28.1 Å². The molecule has 2 bridgehead atoms. The number of nitrogens with zero attached hydrogens (tertiary/aromatic N) is 1. The van der Waals surface area contributed by atoms with E-state index in [-0.39, 0.29) is 11.9 Å². The van der Waals surface area contributed by atoms with Crippen molar-refractivity contribution in [3.05, 3.63) is 58.5 Å². The number of carbonyl (C=O) groups is 1. The lowest BCUT2D eigenvalue weighted by Crippen LogP contribution is -2.53. The predicted molar refractivity (Wildman–Crippen MR) is 94.9 cm³/mol. The smallest absolute Gasteiger partial charge is 0.351 e. The highest BCUT2D eigenvalue weighted by Crippen LogP contribution is 2.35. The average Bonchev–Trinajstić information content (AvgIpc) is 3.18. The molecule has 3 saturated heterocycles. The van der Waals surface area contributed by atoms with Gasteiger partial charge < -0.3 is 14.3 Å². The van der Waals surface area contributed by atoms with Crippen LogP contribution in [0.3, 0.4) is 0 Å². The number of ether oxygens (including phenoxy) is 1. The third kappa shape index (κ3) is 3.03. The van der Waals surface area contributed by atoms with Crippen LogP contribution in [0.5, 0.6) is 0 Å². The Morgan fingerprint density at radius 2 is 1.96 bits per heavy atom. The monoisotopic (exact) mass is 405 g/mol. The quantitative estimate of drug-likeness (QED) is 0.792. The molecule has 1 aromatic carbocycles. The van der Waals surface area contributed by atoms with Gasteiger partial charge in [0.05, 0.1) is 6.26 Å². The number of hydrogen-bond acceptors (Lipinski definition) is 5. The molecule has 3 aliphatic heterocycles. The van der Waals surface area contributed by atoms with E-state index in [0.29, 0.717) is 11.5 Å². The Morgan fingerprint density at radius 1 is 1.24 bits per heavy atom. The molecule has 0 radical (unpaired) electrons. The normalized spacial score (nSPS) is 27.7. The molecule has 3 fully saturated rings. The fourth-order valence-corrected chi connectivity index (χ4v) is 4.07. The molecule has 2 aromatic rings. The second-order valence-electron chi connectivity index (χ2n) is 6.78. The molecular formula is C19H20BrNO4. The number of fused-ring (bicyclic) bond motifs is 3. The van der Waals surface area contributed by atoms with E-state index >= 15 is 0 Å². The minimum atomic E-state index is -1.95. The van der Waals surface area contributed by atoms with Crippen molar-refractivity contribution in [1.82, 2.24) is 4.90 Å². The maximum atomic E-state index is 13.0.